The highest BCUT2D eigenvalue weighted by atomic mass is 16.5. The second kappa shape index (κ2) is 9.11. The van der Waals surface area contributed by atoms with Gasteiger partial charge in [-0.3, -0.25) is 14.4 Å². The lowest BCUT2D eigenvalue weighted by Gasteiger charge is -2.25. The molecule has 0 aromatic heterocycles. The molecule has 2 aromatic carbocycles. The van der Waals surface area contributed by atoms with Crippen molar-refractivity contribution in [3.8, 4) is 0 Å². The van der Waals surface area contributed by atoms with Crippen LogP contribution in [0.2, 0.25) is 0 Å². The first-order chi connectivity index (χ1) is 14.3. The molecule has 3 rings (SSSR count). The minimum atomic E-state index is -0.952. The number of rotatable bonds is 6. The van der Waals surface area contributed by atoms with E-state index in [9.17, 15) is 14.4 Å². The topological polar surface area (TPSA) is 75.7 Å². The van der Waals surface area contributed by atoms with Crippen LogP contribution in [0, 0.1) is 19.8 Å². The lowest BCUT2D eigenvalue weighted by Crippen LogP contribution is -2.34. The third kappa shape index (κ3) is 4.70. The molecule has 1 aliphatic rings. The minimum absolute atomic E-state index is 0.0825. The highest BCUT2D eigenvalue weighted by Crippen LogP contribution is 2.29. The SMILES string of the molecule is Cc1cccc(C)c1NC(=O)[C@@H](C)OC(=O)[C@H]1CC(=O)N([C@@H](C)c2ccccc2)C1. The highest BCUT2D eigenvalue weighted by Gasteiger charge is 2.38. The van der Waals surface area contributed by atoms with Crippen LogP contribution in [-0.2, 0) is 19.1 Å². The van der Waals surface area contributed by atoms with Crippen LogP contribution in [0.1, 0.15) is 43.0 Å². The number of hydrogen-bond donors (Lipinski definition) is 1. The molecule has 1 saturated heterocycles. The van der Waals surface area contributed by atoms with Crippen molar-refractivity contribution in [1.82, 2.24) is 4.90 Å². The van der Waals surface area contributed by atoms with Crippen LogP contribution in [0.3, 0.4) is 0 Å². The van der Waals surface area contributed by atoms with Crippen LogP contribution in [-0.4, -0.2) is 35.3 Å². The molecular weight excluding hydrogens is 380 g/mol. The number of ether oxygens (including phenoxy) is 1. The number of amides is 2. The summed E-state index contributed by atoms with van der Waals surface area (Å²) in [5.74, 6) is -1.56. The Hall–Kier alpha value is -3.15. The van der Waals surface area contributed by atoms with E-state index in [1.807, 2.05) is 69.3 Å². The van der Waals surface area contributed by atoms with Crippen molar-refractivity contribution < 1.29 is 19.1 Å². The van der Waals surface area contributed by atoms with Crippen molar-refractivity contribution in [2.75, 3.05) is 11.9 Å². The van der Waals surface area contributed by atoms with Gasteiger partial charge in [-0.15, -0.1) is 0 Å². The Labute approximate surface area is 177 Å². The van der Waals surface area contributed by atoms with E-state index < -0.39 is 18.0 Å². The lowest BCUT2D eigenvalue weighted by molar-refractivity contribution is -0.157. The third-order valence-corrected chi connectivity index (χ3v) is 5.63. The van der Waals surface area contributed by atoms with Gasteiger partial charge in [0, 0.05) is 18.7 Å². The van der Waals surface area contributed by atoms with Crippen LogP contribution < -0.4 is 5.32 Å². The smallest absolute Gasteiger partial charge is 0.312 e. The molecular formula is C24H28N2O4. The number of esters is 1. The molecule has 0 unspecified atom stereocenters. The summed E-state index contributed by atoms with van der Waals surface area (Å²) in [6.07, 6.45) is -0.853. The van der Waals surface area contributed by atoms with Crippen LogP contribution >= 0.6 is 0 Å². The molecule has 2 aromatic rings. The predicted octanol–water partition coefficient (Wildman–Crippen LogP) is 3.78. The molecule has 1 heterocycles. The zero-order valence-electron chi connectivity index (χ0n) is 17.8. The van der Waals surface area contributed by atoms with Crippen LogP contribution in [0.25, 0.3) is 0 Å². The molecule has 6 nitrogen and oxygen atoms in total. The Morgan fingerprint density at radius 3 is 2.30 bits per heavy atom. The molecule has 0 saturated carbocycles. The number of nitrogens with one attached hydrogen (secondary N) is 1. The van der Waals surface area contributed by atoms with Crippen molar-refractivity contribution in [3.05, 3.63) is 65.2 Å². The van der Waals surface area contributed by atoms with E-state index in [1.54, 1.807) is 11.8 Å². The Balaban J connectivity index is 1.59. The summed E-state index contributed by atoms with van der Waals surface area (Å²) < 4.78 is 5.40. The van der Waals surface area contributed by atoms with Gasteiger partial charge in [-0.1, -0.05) is 48.5 Å². The summed E-state index contributed by atoms with van der Waals surface area (Å²) in [5, 5.41) is 2.84. The first kappa shape index (κ1) is 21.6. The predicted molar refractivity (Wildman–Crippen MR) is 115 cm³/mol. The number of hydrogen-bond acceptors (Lipinski definition) is 4. The minimum Gasteiger partial charge on any atom is -0.452 e. The Kier molecular flexibility index (Phi) is 6.55. The summed E-state index contributed by atoms with van der Waals surface area (Å²) >= 11 is 0. The van der Waals surface area contributed by atoms with Gasteiger partial charge in [-0.2, -0.15) is 0 Å². The van der Waals surface area contributed by atoms with Gasteiger partial charge in [0.1, 0.15) is 0 Å². The van der Waals surface area contributed by atoms with Gasteiger partial charge in [-0.25, -0.2) is 0 Å². The Bertz CT molecular complexity index is 921. The molecule has 6 heteroatoms. The summed E-state index contributed by atoms with van der Waals surface area (Å²) in [4.78, 5) is 39.3. The number of para-hydroxylation sites is 1. The van der Waals surface area contributed by atoms with E-state index in [2.05, 4.69) is 5.32 Å². The average Bonchev–Trinajstić information content (AvgIpc) is 3.12. The molecule has 0 aliphatic carbocycles. The number of nitrogens with zero attached hydrogens (tertiary/aromatic N) is 1. The number of carbonyl (C=O) groups excluding carboxylic acids is 3. The standard InChI is InChI=1S/C24H28N2O4/c1-15-9-8-10-16(2)22(15)25-23(28)18(4)30-24(29)20-13-21(27)26(14-20)17(3)19-11-6-5-7-12-19/h5-12,17-18,20H,13-14H2,1-4H3,(H,25,28)/t17-,18+,20-/m0/s1. The van der Waals surface area contributed by atoms with Crippen molar-refractivity contribution in [2.45, 2.75) is 46.3 Å². The van der Waals surface area contributed by atoms with Gasteiger partial charge >= 0.3 is 5.97 Å². The number of likely N-dealkylation sites (tertiary alicyclic amines) is 1. The van der Waals surface area contributed by atoms with Crippen molar-refractivity contribution >= 4 is 23.5 Å². The summed E-state index contributed by atoms with van der Waals surface area (Å²) in [5.41, 5.74) is 3.62. The van der Waals surface area contributed by atoms with E-state index >= 15 is 0 Å². The monoisotopic (exact) mass is 408 g/mol. The second-order valence-electron chi connectivity index (χ2n) is 7.87. The second-order valence-corrected chi connectivity index (χ2v) is 7.87. The van der Waals surface area contributed by atoms with E-state index in [4.69, 9.17) is 4.74 Å². The van der Waals surface area contributed by atoms with Gasteiger partial charge in [0.25, 0.3) is 5.91 Å². The molecule has 1 aliphatic heterocycles. The van der Waals surface area contributed by atoms with Gasteiger partial charge in [-0.05, 0) is 44.4 Å². The number of anilines is 1. The third-order valence-electron chi connectivity index (χ3n) is 5.63. The molecule has 0 spiro atoms. The molecule has 2 amide bonds. The molecule has 0 bridgehead atoms. The largest absolute Gasteiger partial charge is 0.452 e. The molecule has 158 valence electrons. The van der Waals surface area contributed by atoms with Crippen LogP contribution in [0.4, 0.5) is 5.69 Å². The number of aryl methyl sites for hydroxylation is 2. The molecule has 30 heavy (non-hydrogen) atoms. The summed E-state index contributed by atoms with van der Waals surface area (Å²) in [7, 11) is 0. The average molecular weight is 408 g/mol. The van der Waals surface area contributed by atoms with Gasteiger partial charge in [0.05, 0.1) is 12.0 Å². The van der Waals surface area contributed by atoms with Crippen LogP contribution in [0.15, 0.2) is 48.5 Å². The summed E-state index contributed by atoms with van der Waals surface area (Å²) in [6.45, 7) is 7.60. The quantitative estimate of drug-likeness (QED) is 0.738. The normalized spacial score (nSPS) is 18.1. The number of benzene rings is 2. The molecule has 1 fully saturated rings. The first-order valence-corrected chi connectivity index (χ1v) is 10.2. The van der Waals surface area contributed by atoms with Crippen molar-refractivity contribution in [2.24, 2.45) is 5.92 Å². The fourth-order valence-electron chi connectivity index (χ4n) is 3.74. The van der Waals surface area contributed by atoms with E-state index in [1.165, 1.54) is 0 Å². The fourth-order valence-corrected chi connectivity index (χ4v) is 3.74. The van der Waals surface area contributed by atoms with E-state index in [0.29, 0.717) is 6.54 Å². The zero-order chi connectivity index (χ0) is 21.8. The van der Waals surface area contributed by atoms with E-state index in [-0.39, 0.29) is 24.3 Å². The molecule has 3 atom stereocenters. The maximum Gasteiger partial charge on any atom is 0.312 e. The maximum atomic E-state index is 12.6. The van der Waals surface area contributed by atoms with Gasteiger partial charge < -0.3 is 15.0 Å². The lowest BCUT2D eigenvalue weighted by atomic mass is 10.1. The Morgan fingerprint density at radius 1 is 1.03 bits per heavy atom. The maximum absolute atomic E-state index is 12.6. The Morgan fingerprint density at radius 2 is 1.67 bits per heavy atom. The fraction of sp³-hybridized carbons (Fsp3) is 0.375. The molecule has 0 radical (unpaired) electrons. The van der Waals surface area contributed by atoms with E-state index in [0.717, 1.165) is 22.4 Å². The van der Waals surface area contributed by atoms with Crippen molar-refractivity contribution in [1.29, 1.82) is 0 Å². The van der Waals surface area contributed by atoms with Crippen molar-refractivity contribution in [3.63, 3.8) is 0 Å². The summed E-state index contributed by atoms with van der Waals surface area (Å²) in [6, 6.07) is 15.3. The van der Waals surface area contributed by atoms with Gasteiger partial charge in [0.15, 0.2) is 6.10 Å². The highest BCUT2D eigenvalue weighted by molar-refractivity contribution is 5.97. The molecule has 1 N–H and O–H groups in total. The zero-order valence-corrected chi connectivity index (χ0v) is 17.8. The first-order valence-electron chi connectivity index (χ1n) is 10.2. The number of carbonyl (C=O) groups is 3. The van der Waals surface area contributed by atoms with Crippen LogP contribution in [0.5, 0.6) is 0 Å². The van der Waals surface area contributed by atoms with Gasteiger partial charge in [0.2, 0.25) is 5.91 Å².